The lowest BCUT2D eigenvalue weighted by Crippen LogP contribution is -2.60. The summed E-state index contributed by atoms with van der Waals surface area (Å²) in [6.45, 7) is 5.99. The minimum atomic E-state index is -4.68. The van der Waals surface area contributed by atoms with E-state index in [0.29, 0.717) is 6.42 Å². The number of nitrogens with zero attached hydrogens (tertiary/aromatic N) is 3. The highest BCUT2D eigenvalue weighted by Gasteiger charge is 2.49. The molecule has 2 rings (SSSR count). The van der Waals surface area contributed by atoms with Crippen molar-refractivity contribution < 1.29 is 31.4 Å². The second-order valence-corrected chi connectivity index (χ2v) is 9.90. The van der Waals surface area contributed by atoms with Gasteiger partial charge in [0.05, 0.1) is 5.75 Å². The van der Waals surface area contributed by atoms with Crippen LogP contribution in [0, 0.1) is 0 Å². The molecule has 1 atom stereocenters. The maximum absolute atomic E-state index is 13.7. The summed E-state index contributed by atoms with van der Waals surface area (Å²) >= 11 is 0. The van der Waals surface area contributed by atoms with Crippen LogP contribution in [0.15, 0.2) is 12.1 Å². The van der Waals surface area contributed by atoms with Gasteiger partial charge in [0.15, 0.2) is 0 Å². The standard InChI is InChI=1S/C18H28F3N3O4S/c1-5-7-17(3,4)28-16-11-13(25)10-15(22-16)24-9-8-23(29(26,27)6-2)12-14(24)18(19,20)21/h10-11,14H,5-9,12H2,1-4H3,(H,22,25). The summed E-state index contributed by atoms with van der Waals surface area (Å²) in [6, 6.07) is 0.298. The molecule has 0 spiro atoms. The highest BCUT2D eigenvalue weighted by molar-refractivity contribution is 7.89. The molecule has 0 aromatic carbocycles. The van der Waals surface area contributed by atoms with E-state index < -0.39 is 34.4 Å². The molecule has 1 unspecified atom stereocenters. The Bertz CT molecular complexity index is 815. The molecule has 1 saturated heterocycles. The molecule has 1 aliphatic rings. The van der Waals surface area contributed by atoms with E-state index in [1.54, 1.807) is 0 Å². The summed E-state index contributed by atoms with van der Waals surface area (Å²) in [4.78, 5) is 5.14. The van der Waals surface area contributed by atoms with E-state index in [2.05, 4.69) is 4.98 Å². The van der Waals surface area contributed by atoms with Crippen molar-refractivity contribution in [3.63, 3.8) is 0 Å². The molecule has 29 heavy (non-hydrogen) atoms. The van der Waals surface area contributed by atoms with Crippen molar-refractivity contribution in [2.75, 3.05) is 30.3 Å². The topological polar surface area (TPSA) is 83.0 Å². The molecule has 166 valence electrons. The van der Waals surface area contributed by atoms with E-state index in [0.717, 1.165) is 21.7 Å². The Morgan fingerprint density at radius 2 is 1.90 bits per heavy atom. The highest BCUT2D eigenvalue weighted by atomic mass is 32.2. The van der Waals surface area contributed by atoms with Crippen LogP contribution >= 0.6 is 0 Å². The molecule has 1 N–H and O–H groups in total. The van der Waals surface area contributed by atoms with Gasteiger partial charge in [-0.2, -0.15) is 22.5 Å². The van der Waals surface area contributed by atoms with E-state index in [1.165, 1.54) is 13.0 Å². The fourth-order valence-corrected chi connectivity index (χ4v) is 4.45. The third kappa shape index (κ3) is 5.88. The van der Waals surface area contributed by atoms with Gasteiger partial charge in [0, 0.05) is 31.8 Å². The predicted octanol–water partition coefficient (Wildman–Crippen LogP) is 3.15. The van der Waals surface area contributed by atoms with E-state index in [9.17, 15) is 26.7 Å². The van der Waals surface area contributed by atoms with Gasteiger partial charge in [0.1, 0.15) is 23.2 Å². The van der Waals surface area contributed by atoms with Crippen molar-refractivity contribution in [2.24, 2.45) is 0 Å². The first kappa shape index (κ1) is 23.5. The van der Waals surface area contributed by atoms with Gasteiger partial charge in [-0.3, -0.25) is 0 Å². The smallest absolute Gasteiger partial charge is 0.410 e. The average molecular weight is 440 g/mol. The van der Waals surface area contributed by atoms with Crippen LogP contribution in [0.5, 0.6) is 11.6 Å². The number of aromatic nitrogens is 1. The Morgan fingerprint density at radius 1 is 1.24 bits per heavy atom. The van der Waals surface area contributed by atoms with E-state index in [4.69, 9.17) is 4.74 Å². The number of hydrogen-bond acceptors (Lipinski definition) is 6. The van der Waals surface area contributed by atoms with E-state index in [1.807, 2.05) is 20.8 Å². The number of aromatic hydroxyl groups is 1. The normalized spacial score (nSPS) is 19.4. The van der Waals surface area contributed by atoms with Crippen LogP contribution in [0.25, 0.3) is 0 Å². The monoisotopic (exact) mass is 439 g/mol. The number of alkyl halides is 3. The average Bonchev–Trinajstić information content (AvgIpc) is 2.59. The Balaban J connectivity index is 2.37. The molecule has 0 aliphatic carbocycles. The van der Waals surface area contributed by atoms with Gasteiger partial charge in [-0.25, -0.2) is 8.42 Å². The van der Waals surface area contributed by atoms with Crippen LogP contribution in [0.1, 0.15) is 40.5 Å². The van der Waals surface area contributed by atoms with Gasteiger partial charge in [0.2, 0.25) is 15.9 Å². The Labute approximate surface area is 169 Å². The van der Waals surface area contributed by atoms with Gasteiger partial charge < -0.3 is 14.7 Å². The van der Waals surface area contributed by atoms with Crippen molar-refractivity contribution in [1.29, 1.82) is 0 Å². The molecule has 1 aromatic heterocycles. The van der Waals surface area contributed by atoms with Crippen LogP contribution < -0.4 is 9.64 Å². The summed E-state index contributed by atoms with van der Waals surface area (Å²) in [5.41, 5.74) is -0.607. The first-order valence-electron chi connectivity index (χ1n) is 9.50. The lowest BCUT2D eigenvalue weighted by molar-refractivity contribution is -0.153. The number of ether oxygens (including phenoxy) is 1. The number of piperazine rings is 1. The van der Waals surface area contributed by atoms with Gasteiger partial charge in [-0.15, -0.1) is 0 Å². The molecule has 0 amide bonds. The van der Waals surface area contributed by atoms with Gasteiger partial charge >= 0.3 is 6.18 Å². The third-order valence-corrected chi connectivity index (χ3v) is 6.63. The molecule has 11 heteroatoms. The molecule has 7 nitrogen and oxygen atoms in total. The van der Waals surface area contributed by atoms with Crippen LogP contribution in [0.3, 0.4) is 0 Å². The summed E-state index contributed by atoms with van der Waals surface area (Å²) in [7, 11) is -3.75. The predicted molar refractivity (Wildman–Crippen MR) is 104 cm³/mol. The van der Waals surface area contributed by atoms with Gasteiger partial charge in [-0.05, 0) is 27.2 Å². The maximum Gasteiger partial charge on any atom is 0.410 e. The quantitative estimate of drug-likeness (QED) is 0.703. The Kier molecular flexibility index (Phi) is 6.93. The minimum absolute atomic E-state index is 0.0167. The summed E-state index contributed by atoms with van der Waals surface area (Å²) < 4.78 is 71.9. The zero-order valence-electron chi connectivity index (χ0n) is 17.0. The summed E-state index contributed by atoms with van der Waals surface area (Å²) in [6.07, 6.45) is -3.15. The van der Waals surface area contributed by atoms with Crippen molar-refractivity contribution >= 4 is 15.8 Å². The van der Waals surface area contributed by atoms with Crippen molar-refractivity contribution in [1.82, 2.24) is 9.29 Å². The zero-order chi connectivity index (χ0) is 22.0. The molecule has 0 radical (unpaired) electrons. The summed E-state index contributed by atoms with van der Waals surface area (Å²) in [5.74, 6) is -0.639. The maximum atomic E-state index is 13.7. The van der Waals surface area contributed by atoms with Crippen LogP contribution in [-0.4, -0.2) is 66.0 Å². The Morgan fingerprint density at radius 3 is 2.45 bits per heavy atom. The second-order valence-electron chi connectivity index (χ2n) is 7.64. The first-order valence-corrected chi connectivity index (χ1v) is 11.1. The minimum Gasteiger partial charge on any atom is -0.508 e. The number of rotatable bonds is 7. The summed E-state index contributed by atoms with van der Waals surface area (Å²) in [5, 5.41) is 10.0. The number of halogens is 3. The second kappa shape index (κ2) is 8.55. The molecule has 1 aliphatic heterocycles. The molecule has 1 aromatic rings. The number of pyridine rings is 1. The SMILES string of the molecule is CCCC(C)(C)Oc1cc(O)cc(N2CCN(S(=O)(=O)CC)CC2C(F)(F)F)n1. The molecule has 1 fully saturated rings. The first-order chi connectivity index (χ1) is 13.3. The lowest BCUT2D eigenvalue weighted by Gasteiger charge is -2.42. The van der Waals surface area contributed by atoms with Gasteiger partial charge in [-0.1, -0.05) is 13.3 Å². The van der Waals surface area contributed by atoms with Gasteiger partial charge in [0.25, 0.3) is 0 Å². The fraction of sp³-hybridized carbons (Fsp3) is 0.722. The lowest BCUT2D eigenvalue weighted by atomic mass is 10.0. The van der Waals surface area contributed by atoms with Crippen molar-refractivity contribution in [3.05, 3.63) is 12.1 Å². The fourth-order valence-electron chi connectivity index (χ4n) is 3.36. The number of anilines is 1. The van der Waals surface area contributed by atoms with Crippen LogP contribution in [0.4, 0.5) is 19.0 Å². The highest BCUT2D eigenvalue weighted by Crippen LogP contribution is 2.35. The van der Waals surface area contributed by atoms with Crippen molar-refractivity contribution in [3.8, 4) is 11.6 Å². The van der Waals surface area contributed by atoms with E-state index >= 15 is 0 Å². The zero-order valence-corrected chi connectivity index (χ0v) is 17.8. The van der Waals surface area contributed by atoms with Crippen LogP contribution in [0.2, 0.25) is 0 Å². The largest absolute Gasteiger partial charge is 0.508 e. The number of hydrogen-bond donors (Lipinski definition) is 1. The Hall–Kier alpha value is -1.75. The molecule has 0 saturated carbocycles. The molecular formula is C18H28F3N3O4S. The molecule has 0 bridgehead atoms. The van der Waals surface area contributed by atoms with Crippen LogP contribution in [-0.2, 0) is 10.0 Å². The van der Waals surface area contributed by atoms with E-state index in [-0.39, 0.29) is 36.3 Å². The van der Waals surface area contributed by atoms with Crippen molar-refractivity contribution in [2.45, 2.75) is 58.4 Å². The number of sulfonamides is 1. The third-order valence-electron chi connectivity index (χ3n) is 4.78. The molecular weight excluding hydrogens is 411 g/mol. The molecule has 2 heterocycles.